The Bertz CT molecular complexity index is 397. The van der Waals surface area contributed by atoms with Crippen LogP contribution >= 0.6 is 0 Å². The van der Waals surface area contributed by atoms with E-state index in [2.05, 4.69) is 27.2 Å². The van der Waals surface area contributed by atoms with E-state index in [1.807, 2.05) is 11.7 Å². The molecule has 1 aliphatic heterocycles. The van der Waals surface area contributed by atoms with Crippen molar-refractivity contribution in [2.45, 2.75) is 31.8 Å². The summed E-state index contributed by atoms with van der Waals surface area (Å²) in [7, 11) is 1.97. The standard InChI is InChI=1S/C12H21N5/c1-12(10-3-4-10)8-13-5-6-17(12)7-11-14-9-15-16(11)2/h9-10,13H,3-8H2,1-2H3. The van der Waals surface area contributed by atoms with E-state index in [9.17, 15) is 0 Å². The highest BCUT2D eigenvalue weighted by atomic mass is 15.4. The van der Waals surface area contributed by atoms with Crippen LogP contribution < -0.4 is 5.32 Å². The summed E-state index contributed by atoms with van der Waals surface area (Å²) in [5, 5.41) is 7.69. The molecule has 1 aliphatic carbocycles. The van der Waals surface area contributed by atoms with Crippen molar-refractivity contribution in [3.05, 3.63) is 12.2 Å². The molecule has 2 heterocycles. The summed E-state index contributed by atoms with van der Waals surface area (Å²) in [5.41, 5.74) is 0.310. The summed E-state index contributed by atoms with van der Waals surface area (Å²) in [6.45, 7) is 6.62. The van der Waals surface area contributed by atoms with Gasteiger partial charge in [0.2, 0.25) is 0 Å². The van der Waals surface area contributed by atoms with E-state index < -0.39 is 0 Å². The lowest BCUT2D eigenvalue weighted by Gasteiger charge is -2.45. The van der Waals surface area contributed by atoms with Gasteiger partial charge in [0.1, 0.15) is 12.2 Å². The van der Waals surface area contributed by atoms with Crippen molar-refractivity contribution in [1.82, 2.24) is 25.0 Å². The van der Waals surface area contributed by atoms with Gasteiger partial charge in [0.25, 0.3) is 0 Å². The Labute approximate surface area is 102 Å². The van der Waals surface area contributed by atoms with E-state index in [-0.39, 0.29) is 0 Å². The maximum atomic E-state index is 4.34. The minimum atomic E-state index is 0.310. The predicted octanol–water partition coefficient (Wildman–Crippen LogP) is 0.389. The monoisotopic (exact) mass is 235 g/mol. The first kappa shape index (κ1) is 11.2. The van der Waals surface area contributed by atoms with E-state index in [0.717, 1.165) is 37.9 Å². The van der Waals surface area contributed by atoms with Crippen molar-refractivity contribution >= 4 is 0 Å². The fourth-order valence-electron chi connectivity index (χ4n) is 2.92. The Hall–Kier alpha value is -0.940. The van der Waals surface area contributed by atoms with Gasteiger partial charge in [-0.05, 0) is 25.7 Å². The molecule has 0 amide bonds. The topological polar surface area (TPSA) is 46.0 Å². The van der Waals surface area contributed by atoms with Gasteiger partial charge in [-0.25, -0.2) is 4.98 Å². The Balaban J connectivity index is 1.77. The van der Waals surface area contributed by atoms with Crippen molar-refractivity contribution in [1.29, 1.82) is 0 Å². The summed E-state index contributed by atoms with van der Waals surface area (Å²) < 4.78 is 1.88. The molecule has 1 saturated carbocycles. The fourth-order valence-corrected chi connectivity index (χ4v) is 2.92. The first-order valence-corrected chi connectivity index (χ1v) is 6.49. The zero-order valence-electron chi connectivity index (χ0n) is 10.7. The zero-order valence-corrected chi connectivity index (χ0v) is 10.7. The number of piperazine rings is 1. The molecule has 2 aliphatic rings. The second-order valence-corrected chi connectivity index (χ2v) is 5.53. The molecule has 2 fully saturated rings. The van der Waals surface area contributed by atoms with Crippen LogP contribution in [-0.4, -0.2) is 44.8 Å². The molecule has 17 heavy (non-hydrogen) atoms. The molecule has 5 heteroatoms. The highest BCUT2D eigenvalue weighted by Gasteiger charge is 2.46. The molecule has 1 unspecified atom stereocenters. The number of aromatic nitrogens is 3. The highest BCUT2D eigenvalue weighted by molar-refractivity contribution is 5.04. The van der Waals surface area contributed by atoms with E-state index in [0.29, 0.717) is 5.54 Å². The lowest BCUT2D eigenvalue weighted by Crippen LogP contribution is -2.60. The first-order chi connectivity index (χ1) is 8.20. The molecule has 3 rings (SSSR count). The van der Waals surface area contributed by atoms with Gasteiger partial charge in [0, 0.05) is 32.2 Å². The maximum Gasteiger partial charge on any atom is 0.140 e. The third-order valence-electron chi connectivity index (χ3n) is 4.36. The summed E-state index contributed by atoms with van der Waals surface area (Å²) in [4.78, 5) is 6.93. The Morgan fingerprint density at radius 1 is 1.53 bits per heavy atom. The number of aryl methyl sites for hydroxylation is 1. The number of nitrogens with zero attached hydrogens (tertiary/aromatic N) is 4. The number of nitrogens with one attached hydrogen (secondary N) is 1. The number of rotatable bonds is 3. The first-order valence-electron chi connectivity index (χ1n) is 6.49. The summed E-state index contributed by atoms with van der Waals surface area (Å²) in [6, 6.07) is 0. The lowest BCUT2D eigenvalue weighted by molar-refractivity contribution is 0.0451. The Morgan fingerprint density at radius 2 is 2.35 bits per heavy atom. The molecule has 5 nitrogen and oxygen atoms in total. The third kappa shape index (κ3) is 1.98. The summed E-state index contributed by atoms with van der Waals surface area (Å²) in [6.07, 6.45) is 4.41. The molecule has 1 N–H and O–H groups in total. The molecule has 1 aromatic heterocycles. The molecule has 0 bridgehead atoms. The molecular weight excluding hydrogens is 214 g/mol. The summed E-state index contributed by atoms with van der Waals surface area (Å²) >= 11 is 0. The van der Waals surface area contributed by atoms with Crippen LogP contribution in [0, 0.1) is 5.92 Å². The van der Waals surface area contributed by atoms with E-state index in [4.69, 9.17) is 0 Å². The highest BCUT2D eigenvalue weighted by Crippen LogP contribution is 2.43. The second-order valence-electron chi connectivity index (χ2n) is 5.53. The van der Waals surface area contributed by atoms with Crippen molar-refractivity contribution in [2.75, 3.05) is 19.6 Å². The van der Waals surface area contributed by atoms with Gasteiger partial charge in [-0.2, -0.15) is 5.10 Å². The van der Waals surface area contributed by atoms with Crippen molar-refractivity contribution in [2.24, 2.45) is 13.0 Å². The fraction of sp³-hybridized carbons (Fsp3) is 0.833. The molecule has 0 spiro atoms. The van der Waals surface area contributed by atoms with E-state index in [1.54, 1.807) is 6.33 Å². The van der Waals surface area contributed by atoms with Crippen LogP contribution in [0.25, 0.3) is 0 Å². The van der Waals surface area contributed by atoms with Crippen LogP contribution in [0.2, 0.25) is 0 Å². The van der Waals surface area contributed by atoms with Gasteiger partial charge in [-0.15, -0.1) is 0 Å². The molecule has 0 aromatic carbocycles. The minimum Gasteiger partial charge on any atom is -0.314 e. The van der Waals surface area contributed by atoms with Crippen LogP contribution in [0.4, 0.5) is 0 Å². The normalized spacial score (nSPS) is 30.7. The van der Waals surface area contributed by atoms with Crippen LogP contribution in [0.1, 0.15) is 25.6 Å². The molecule has 0 radical (unpaired) electrons. The Morgan fingerprint density at radius 3 is 3.00 bits per heavy atom. The van der Waals surface area contributed by atoms with Crippen LogP contribution in [0.15, 0.2) is 6.33 Å². The average molecular weight is 235 g/mol. The Kier molecular flexibility index (Phi) is 2.67. The van der Waals surface area contributed by atoms with Gasteiger partial charge in [0.05, 0.1) is 6.54 Å². The minimum absolute atomic E-state index is 0.310. The second kappa shape index (κ2) is 4.07. The third-order valence-corrected chi connectivity index (χ3v) is 4.36. The van der Waals surface area contributed by atoms with Gasteiger partial charge in [-0.3, -0.25) is 9.58 Å². The molecule has 94 valence electrons. The van der Waals surface area contributed by atoms with Gasteiger partial charge in [-0.1, -0.05) is 0 Å². The van der Waals surface area contributed by atoms with E-state index >= 15 is 0 Å². The van der Waals surface area contributed by atoms with Crippen molar-refractivity contribution in [3.8, 4) is 0 Å². The maximum absolute atomic E-state index is 4.34. The lowest BCUT2D eigenvalue weighted by atomic mass is 9.91. The van der Waals surface area contributed by atoms with E-state index in [1.165, 1.54) is 12.8 Å². The number of hydrogen-bond acceptors (Lipinski definition) is 4. The molecular formula is C12H21N5. The smallest absolute Gasteiger partial charge is 0.140 e. The molecule has 1 aromatic rings. The quantitative estimate of drug-likeness (QED) is 0.823. The van der Waals surface area contributed by atoms with Crippen molar-refractivity contribution < 1.29 is 0 Å². The SMILES string of the molecule is Cn1ncnc1CN1CCNCC1(C)C1CC1. The van der Waals surface area contributed by atoms with Gasteiger partial charge in [0.15, 0.2) is 0 Å². The molecule has 1 saturated heterocycles. The van der Waals surface area contributed by atoms with Crippen LogP contribution in [-0.2, 0) is 13.6 Å². The van der Waals surface area contributed by atoms with Gasteiger partial charge < -0.3 is 5.32 Å². The van der Waals surface area contributed by atoms with Crippen LogP contribution in [0.5, 0.6) is 0 Å². The predicted molar refractivity (Wildman–Crippen MR) is 65.4 cm³/mol. The van der Waals surface area contributed by atoms with Gasteiger partial charge >= 0.3 is 0 Å². The van der Waals surface area contributed by atoms with Crippen LogP contribution in [0.3, 0.4) is 0 Å². The largest absolute Gasteiger partial charge is 0.314 e. The number of hydrogen-bond donors (Lipinski definition) is 1. The molecule has 1 atom stereocenters. The zero-order chi connectivity index (χ0) is 11.9. The summed E-state index contributed by atoms with van der Waals surface area (Å²) in [5.74, 6) is 1.93. The van der Waals surface area contributed by atoms with Crippen molar-refractivity contribution in [3.63, 3.8) is 0 Å². The average Bonchev–Trinajstić information content (AvgIpc) is 3.09.